The minimum atomic E-state index is -1.00. The molecule has 0 aliphatic carbocycles. The van der Waals surface area contributed by atoms with E-state index in [0.29, 0.717) is 13.0 Å². The van der Waals surface area contributed by atoms with Crippen molar-refractivity contribution in [2.24, 2.45) is 5.92 Å². The smallest absolute Gasteiger partial charge is 0.326 e. The van der Waals surface area contributed by atoms with Crippen molar-refractivity contribution >= 4 is 12.0 Å². The summed E-state index contributed by atoms with van der Waals surface area (Å²) in [6, 6.07) is -1.31. The van der Waals surface area contributed by atoms with E-state index in [1.807, 2.05) is 39.8 Å². The Labute approximate surface area is 109 Å². The molecule has 0 aromatic carbocycles. The third-order valence-electron chi connectivity index (χ3n) is 2.78. The molecule has 0 heterocycles. The standard InChI is InChI=1S/C12H25N3O3/c1-6-8(2)10(11(16)17)14-12(18)13-9(3)7-15(4)5/h8-10H,6-7H2,1-5H3,(H,16,17)(H2,13,14,18)/t8-,9?,10-/m0/s1. The van der Waals surface area contributed by atoms with Crippen LogP contribution in [0.5, 0.6) is 0 Å². The lowest BCUT2D eigenvalue weighted by Gasteiger charge is -2.23. The number of carbonyl (C=O) groups excluding carboxylic acids is 1. The van der Waals surface area contributed by atoms with Gasteiger partial charge in [0, 0.05) is 12.6 Å². The molecule has 0 aromatic rings. The zero-order chi connectivity index (χ0) is 14.3. The van der Waals surface area contributed by atoms with Gasteiger partial charge in [-0.2, -0.15) is 0 Å². The van der Waals surface area contributed by atoms with Crippen LogP contribution >= 0.6 is 0 Å². The third kappa shape index (κ3) is 6.44. The van der Waals surface area contributed by atoms with Gasteiger partial charge in [0.2, 0.25) is 0 Å². The molecule has 0 aliphatic rings. The van der Waals surface area contributed by atoms with Crippen molar-refractivity contribution in [1.29, 1.82) is 0 Å². The lowest BCUT2D eigenvalue weighted by Crippen LogP contribution is -2.52. The highest BCUT2D eigenvalue weighted by atomic mass is 16.4. The van der Waals surface area contributed by atoms with E-state index in [9.17, 15) is 9.59 Å². The molecule has 6 heteroatoms. The Bertz CT molecular complexity index is 282. The first-order valence-corrected chi connectivity index (χ1v) is 6.22. The van der Waals surface area contributed by atoms with Crippen LogP contribution in [0.3, 0.4) is 0 Å². The number of hydrogen-bond acceptors (Lipinski definition) is 3. The molecule has 6 nitrogen and oxygen atoms in total. The molecule has 0 fully saturated rings. The summed E-state index contributed by atoms with van der Waals surface area (Å²) in [6.45, 7) is 6.28. The average Bonchev–Trinajstić information content (AvgIpc) is 2.23. The molecule has 0 aromatic heterocycles. The molecule has 18 heavy (non-hydrogen) atoms. The Balaban J connectivity index is 4.30. The Morgan fingerprint density at radius 2 is 1.78 bits per heavy atom. The van der Waals surface area contributed by atoms with E-state index in [-0.39, 0.29) is 12.0 Å². The molecule has 0 saturated carbocycles. The van der Waals surface area contributed by atoms with Crippen molar-refractivity contribution in [3.05, 3.63) is 0 Å². The van der Waals surface area contributed by atoms with E-state index in [2.05, 4.69) is 10.6 Å². The van der Waals surface area contributed by atoms with E-state index >= 15 is 0 Å². The van der Waals surface area contributed by atoms with Gasteiger partial charge in [0.05, 0.1) is 0 Å². The monoisotopic (exact) mass is 259 g/mol. The summed E-state index contributed by atoms with van der Waals surface area (Å²) < 4.78 is 0. The lowest BCUT2D eigenvalue weighted by molar-refractivity contribution is -0.140. The number of amides is 2. The van der Waals surface area contributed by atoms with E-state index in [4.69, 9.17) is 5.11 Å². The maximum atomic E-state index is 11.7. The highest BCUT2D eigenvalue weighted by Gasteiger charge is 2.25. The second kappa shape index (κ2) is 7.92. The summed E-state index contributed by atoms with van der Waals surface area (Å²) in [6.07, 6.45) is 0.699. The summed E-state index contributed by atoms with van der Waals surface area (Å²) in [4.78, 5) is 24.7. The maximum Gasteiger partial charge on any atom is 0.326 e. The molecular formula is C12H25N3O3. The SMILES string of the molecule is CC[C@H](C)[C@H](NC(=O)NC(C)CN(C)C)C(=O)O. The van der Waals surface area contributed by atoms with Gasteiger partial charge in [-0.25, -0.2) is 9.59 Å². The number of rotatable bonds is 7. The number of nitrogens with zero attached hydrogens (tertiary/aromatic N) is 1. The van der Waals surface area contributed by atoms with Gasteiger partial charge in [-0.05, 0) is 26.9 Å². The molecule has 0 spiro atoms. The molecule has 0 saturated heterocycles. The zero-order valence-electron chi connectivity index (χ0n) is 11.9. The maximum absolute atomic E-state index is 11.7. The molecule has 1 unspecified atom stereocenters. The van der Waals surface area contributed by atoms with Crippen LogP contribution in [0.25, 0.3) is 0 Å². The van der Waals surface area contributed by atoms with Crippen molar-refractivity contribution in [1.82, 2.24) is 15.5 Å². The van der Waals surface area contributed by atoms with Crippen molar-refractivity contribution < 1.29 is 14.7 Å². The van der Waals surface area contributed by atoms with Crippen molar-refractivity contribution in [2.75, 3.05) is 20.6 Å². The molecule has 0 radical (unpaired) electrons. The summed E-state index contributed by atoms with van der Waals surface area (Å²) in [7, 11) is 3.82. The van der Waals surface area contributed by atoms with Crippen LogP contribution in [0.1, 0.15) is 27.2 Å². The second-order valence-electron chi connectivity index (χ2n) is 4.98. The first-order chi connectivity index (χ1) is 8.27. The predicted octanol–water partition coefficient (Wildman–Crippen LogP) is 0.735. The molecule has 0 rings (SSSR count). The number of urea groups is 1. The summed E-state index contributed by atoms with van der Waals surface area (Å²) >= 11 is 0. The van der Waals surface area contributed by atoms with Crippen LogP contribution in [-0.2, 0) is 4.79 Å². The topological polar surface area (TPSA) is 81.7 Å². The van der Waals surface area contributed by atoms with Gasteiger partial charge in [-0.1, -0.05) is 20.3 Å². The number of carboxylic acid groups (broad SMARTS) is 1. The van der Waals surface area contributed by atoms with Crippen LogP contribution in [-0.4, -0.2) is 54.7 Å². The molecule has 2 amide bonds. The average molecular weight is 259 g/mol. The van der Waals surface area contributed by atoms with E-state index in [1.54, 1.807) is 0 Å². The zero-order valence-corrected chi connectivity index (χ0v) is 11.9. The van der Waals surface area contributed by atoms with Crippen LogP contribution in [0, 0.1) is 5.92 Å². The number of nitrogens with one attached hydrogen (secondary N) is 2. The van der Waals surface area contributed by atoms with E-state index < -0.39 is 18.0 Å². The molecule has 0 aliphatic heterocycles. The van der Waals surface area contributed by atoms with Gasteiger partial charge in [0.15, 0.2) is 0 Å². The second-order valence-corrected chi connectivity index (χ2v) is 4.98. The molecule has 3 N–H and O–H groups in total. The fraction of sp³-hybridized carbons (Fsp3) is 0.833. The van der Waals surface area contributed by atoms with Crippen molar-refractivity contribution in [3.8, 4) is 0 Å². The van der Waals surface area contributed by atoms with Crippen LogP contribution in [0.4, 0.5) is 4.79 Å². The molecule has 3 atom stereocenters. The molecule has 0 bridgehead atoms. The summed E-state index contributed by atoms with van der Waals surface area (Å²) in [5.74, 6) is -1.10. The fourth-order valence-corrected chi connectivity index (χ4v) is 1.68. The molecular weight excluding hydrogens is 234 g/mol. The molecule has 106 valence electrons. The normalized spacial score (nSPS) is 15.9. The summed E-state index contributed by atoms with van der Waals surface area (Å²) in [5.41, 5.74) is 0. The first-order valence-electron chi connectivity index (χ1n) is 6.22. The number of hydrogen-bond donors (Lipinski definition) is 3. The highest BCUT2D eigenvalue weighted by molar-refractivity contribution is 5.82. The van der Waals surface area contributed by atoms with Gasteiger partial charge in [-0.3, -0.25) is 0 Å². The predicted molar refractivity (Wildman–Crippen MR) is 70.6 cm³/mol. The Morgan fingerprint density at radius 3 is 2.17 bits per heavy atom. The number of aliphatic carboxylic acids is 1. The number of carboxylic acids is 1. The van der Waals surface area contributed by atoms with E-state index in [0.717, 1.165) is 0 Å². The lowest BCUT2D eigenvalue weighted by atomic mass is 9.99. The van der Waals surface area contributed by atoms with Crippen molar-refractivity contribution in [3.63, 3.8) is 0 Å². The minimum absolute atomic E-state index is 0.0358. The van der Waals surface area contributed by atoms with Crippen LogP contribution in [0.2, 0.25) is 0 Å². The third-order valence-corrected chi connectivity index (χ3v) is 2.78. The van der Waals surface area contributed by atoms with E-state index in [1.165, 1.54) is 0 Å². The minimum Gasteiger partial charge on any atom is -0.480 e. The first kappa shape index (κ1) is 16.7. The quantitative estimate of drug-likeness (QED) is 0.629. The van der Waals surface area contributed by atoms with Crippen LogP contribution < -0.4 is 10.6 Å². The summed E-state index contributed by atoms with van der Waals surface area (Å²) in [5, 5.41) is 14.3. The number of likely N-dealkylation sites (N-methyl/N-ethyl adjacent to an activating group) is 1. The fourth-order valence-electron chi connectivity index (χ4n) is 1.68. The van der Waals surface area contributed by atoms with Crippen molar-refractivity contribution in [2.45, 2.75) is 39.3 Å². The Morgan fingerprint density at radius 1 is 1.22 bits per heavy atom. The van der Waals surface area contributed by atoms with Gasteiger partial charge in [0.1, 0.15) is 6.04 Å². The number of carbonyl (C=O) groups is 2. The Hall–Kier alpha value is -1.30. The van der Waals surface area contributed by atoms with Crippen LogP contribution in [0.15, 0.2) is 0 Å². The van der Waals surface area contributed by atoms with Gasteiger partial charge in [0.25, 0.3) is 0 Å². The highest BCUT2D eigenvalue weighted by Crippen LogP contribution is 2.07. The Kier molecular flexibility index (Phi) is 7.35. The van der Waals surface area contributed by atoms with Gasteiger partial charge in [-0.15, -0.1) is 0 Å². The van der Waals surface area contributed by atoms with Gasteiger partial charge >= 0.3 is 12.0 Å². The largest absolute Gasteiger partial charge is 0.480 e. The van der Waals surface area contributed by atoms with Gasteiger partial charge < -0.3 is 20.6 Å².